The summed E-state index contributed by atoms with van der Waals surface area (Å²) >= 11 is 3.37. The molecule has 0 aliphatic heterocycles. The molecule has 2 aromatic carbocycles. The van der Waals surface area contributed by atoms with E-state index in [9.17, 15) is 9.90 Å². The molecule has 0 radical (unpaired) electrons. The lowest BCUT2D eigenvalue weighted by atomic mass is 10.1. The van der Waals surface area contributed by atoms with Crippen LogP contribution in [0.5, 0.6) is 11.5 Å². The van der Waals surface area contributed by atoms with Gasteiger partial charge >= 0.3 is 0 Å². The van der Waals surface area contributed by atoms with Crippen LogP contribution in [0.1, 0.15) is 15.9 Å². The SMILES string of the molecule is COc1cccc(O)c1C(=O)C=Cc1cccc(Br)c1. The first-order chi connectivity index (χ1) is 9.61. The van der Waals surface area contributed by atoms with E-state index >= 15 is 0 Å². The predicted molar refractivity (Wildman–Crippen MR) is 82.2 cm³/mol. The second-order valence-electron chi connectivity index (χ2n) is 4.11. The molecule has 3 nitrogen and oxygen atoms in total. The lowest BCUT2D eigenvalue weighted by Crippen LogP contribution is -1.99. The Morgan fingerprint density at radius 1 is 1.25 bits per heavy atom. The monoisotopic (exact) mass is 332 g/mol. The standard InChI is InChI=1S/C16H13BrO3/c1-20-15-7-3-6-13(18)16(15)14(19)9-8-11-4-2-5-12(17)10-11/h2-10,18H,1H3. The number of carbonyl (C=O) groups excluding carboxylic acids is 1. The van der Waals surface area contributed by atoms with Crippen LogP contribution in [0.2, 0.25) is 0 Å². The van der Waals surface area contributed by atoms with Gasteiger partial charge in [0.2, 0.25) is 0 Å². The summed E-state index contributed by atoms with van der Waals surface area (Å²) in [6.07, 6.45) is 3.11. The Hall–Kier alpha value is -2.07. The summed E-state index contributed by atoms with van der Waals surface area (Å²) in [7, 11) is 1.46. The molecule has 0 aliphatic carbocycles. The zero-order valence-electron chi connectivity index (χ0n) is 10.8. The predicted octanol–water partition coefficient (Wildman–Crippen LogP) is 4.06. The van der Waals surface area contributed by atoms with Gasteiger partial charge in [0.15, 0.2) is 5.78 Å². The molecule has 102 valence electrons. The molecule has 0 spiro atoms. The average Bonchev–Trinajstić information content (AvgIpc) is 2.44. The number of ether oxygens (including phenoxy) is 1. The van der Waals surface area contributed by atoms with Crippen molar-refractivity contribution in [3.05, 3.63) is 64.1 Å². The van der Waals surface area contributed by atoms with Gasteiger partial charge in [-0.25, -0.2) is 0 Å². The number of hydrogen-bond acceptors (Lipinski definition) is 3. The van der Waals surface area contributed by atoms with Crippen molar-refractivity contribution in [1.29, 1.82) is 0 Å². The fourth-order valence-corrected chi connectivity index (χ4v) is 2.22. The number of rotatable bonds is 4. The molecule has 20 heavy (non-hydrogen) atoms. The highest BCUT2D eigenvalue weighted by molar-refractivity contribution is 9.10. The molecule has 0 saturated heterocycles. The summed E-state index contributed by atoms with van der Waals surface area (Å²) in [5.41, 5.74) is 1.06. The maximum Gasteiger partial charge on any atom is 0.193 e. The third-order valence-corrected chi connectivity index (χ3v) is 3.24. The summed E-state index contributed by atoms with van der Waals surface area (Å²) in [5.74, 6) is -0.0398. The van der Waals surface area contributed by atoms with Crippen LogP contribution in [0.15, 0.2) is 53.0 Å². The molecule has 2 rings (SSSR count). The van der Waals surface area contributed by atoms with Crippen LogP contribution in [-0.4, -0.2) is 18.0 Å². The Kier molecular flexibility index (Phi) is 4.58. The van der Waals surface area contributed by atoms with Gasteiger partial charge in [-0.2, -0.15) is 0 Å². The van der Waals surface area contributed by atoms with Crippen LogP contribution in [0.3, 0.4) is 0 Å². The molecular formula is C16H13BrO3. The Morgan fingerprint density at radius 3 is 2.70 bits per heavy atom. The van der Waals surface area contributed by atoms with Gasteiger partial charge < -0.3 is 9.84 Å². The molecule has 0 bridgehead atoms. The summed E-state index contributed by atoms with van der Waals surface area (Å²) in [4.78, 5) is 12.2. The summed E-state index contributed by atoms with van der Waals surface area (Å²) in [6.45, 7) is 0. The van der Waals surface area contributed by atoms with Gasteiger partial charge in [0.05, 0.1) is 7.11 Å². The van der Waals surface area contributed by atoms with Gasteiger partial charge in [-0.3, -0.25) is 4.79 Å². The Morgan fingerprint density at radius 2 is 2.00 bits per heavy atom. The lowest BCUT2D eigenvalue weighted by Gasteiger charge is -2.07. The largest absolute Gasteiger partial charge is 0.507 e. The molecule has 0 heterocycles. The minimum atomic E-state index is -0.306. The average molecular weight is 333 g/mol. The van der Waals surface area contributed by atoms with Crippen molar-refractivity contribution in [3.63, 3.8) is 0 Å². The molecule has 0 saturated carbocycles. The van der Waals surface area contributed by atoms with Gasteiger partial charge in [-0.15, -0.1) is 0 Å². The number of allylic oxidation sites excluding steroid dienone is 1. The number of methoxy groups -OCH3 is 1. The molecule has 2 aromatic rings. The van der Waals surface area contributed by atoms with E-state index in [0.717, 1.165) is 10.0 Å². The third kappa shape index (κ3) is 3.27. The quantitative estimate of drug-likeness (QED) is 0.678. The minimum Gasteiger partial charge on any atom is -0.507 e. The highest BCUT2D eigenvalue weighted by Gasteiger charge is 2.14. The third-order valence-electron chi connectivity index (χ3n) is 2.75. The molecule has 0 unspecified atom stereocenters. The highest BCUT2D eigenvalue weighted by atomic mass is 79.9. The van der Waals surface area contributed by atoms with Crippen LogP contribution in [0, 0.1) is 0 Å². The van der Waals surface area contributed by atoms with Crippen LogP contribution < -0.4 is 4.74 Å². The number of benzene rings is 2. The smallest absolute Gasteiger partial charge is 0.193 e. The van der Waals surface area contributed by atoms with Gasteiger partial charge in [0, 0.05) is 4.47 Å². The molecular weight excluding hydrogens is 320 g/mol. The van der Waals surface area contributed by atoms with E-state index < -0.39 is 0 Å². The highest BCUT2D eigenvalue weighted by Crippen LogP contribution is 2.28. The van der Waals surface area contributed by atoms with E-state index in [1.807, 2.05) is 24.3 Å². The van der Waals surface area contributed by atoms with Gasteiger partial charge in [-0.05, 0) is 35.9 Å². The molecule has 0 aliphatic rings. The number of phenolic OH excluding ortho intramolecular Hbond substituents is 1. The van der Waals surface area contributed by atoms with Crippen LogP contribution in [0.4, 0.5) is 0 Å². The maximum atomic E-state index is 12.2. The van der Waals surface area contributed by atoms with E-state index in [0.29, 0.717) is 5.75 Å². The van der Waals surface area contributed by atoms with Crippen molar-refractivity contribution in [2.75, 3.05) is 7.11 Å². The number of hydrogen-bond donors (Lipinski definition) is 1. The first-order valence-electron chi connectivity index (χ1n) is 5.96. The topological polar surface area (TPSA) is 46.5 Å². The molecule has 0 atom stereocenters. The Labute approximate surface area is 125 Å². The second kappa shape index (κ2) is 6.39. The fourth-order valence-electron chi connectivity index (χ4n) is 1.80. The Balaban J connectivity index is 2.29. The van der Waals surface area contributed by atoms with Crippen molar-refractivity contribution in [1.82, 2.24) is 0 Å². The van der Waals surface area contributed by atoms with Crippen LogP contribution >= 0.6 is 15.9 Å². The number of ketones is 1. The fraction of sp³-hybridized carbons (Fsp3) is 0.0625. The molecule has 0 aromatic heterocycles. The molecule has 0 fully saturated rings. The van der Waals surface area contributed by atoms with Crippen LogP contribution in [0.25, 0.3) is 6.08 Å². The first kappa shape index (κ1) is 14.3. The van der Waals surface area contributed by atoms with Crippen molar-refractivity contribution in [3.8, 4) is 11.5 Å². The Bertz CT molecular complexity index is 663. The van der Waals surface area contributed by atoms with Gasteiger partial charge in [-0.1, -0.05) is 40.2 Å². The zero-order chi connectivity index (χ0) is 14.5. The minimum absolute atomic E-state index is 0.0896. The van der Waals surface area contributed by atoms with E-state index in [4.69, 9.17) is 4.74 Å². The van der Waals surface area contributed by atoms with E-state index in [2.05, 4.69) is 15.9 Å². The summed E-state index contributed by atoms with van der Waals surface area (Å²) in [5, 5.41) is 9.79. The van der Waals surface area contributed by atoms with Crippen molar-refractivity contribution >= 4 is 27.8 Å². The summed E-state index contributed by atoms with van der Waals surface area (Å²) < 4.78 is 6.03. The zero-order valence-corrected chi connectivity index (χ0v) is 12.4. The van der Waals surface area contributed by atoms with Gasteiger partial charge in [0.1, 0.15) is 17.1 Å². The molecule has 1 N–H and O–H groups in total. The number of halogens is 1. The second-order valence-corrected chi connectivity index (χ2v) is 5.02. The lowest BCUT2D eigenvalue weighted by molar-refractivity contribution is 0.104. The number of aromatic hydroxyl groups is 1. The van der Waals surface area contributed by atoms with E-state index in [1.54, 1.807) is 18.2 Å². The van der Waals surface area contributed by atoms with Crippen molar-refractivity contribution in [2.45, 2.75) is 0 Å². The molecule has 0 amide bonds. The maximum absolute atomic E-state index is 12.2. The van der Waals surface area contributed by atoms with Crippen molar-refractivity contribution < 1.29 is 14.6 Å². The van der Waals surface area contributed by atoms with Crippen molar-refractivity contribution in [2.24, 2.45) is 0 Å². The first-order valence-corrected chi connectivity index (χ1v) is 6.75. The number of phenols is 1. The summed E-state index contributed by atoms with van der Waals surface area (Å²) in [6, 6.07) is 12.3. The molecule has 4 heteroatoms. The number of carbonyl (C=O) groups is 1. The van der Waals surface area contributed by atoms with E-state index in [1.165, 1.54) is 19.3 Å². The van der Waals surface area contributed by atoms with Crippen LogP contribution in [-0.2, 0) is 0 Å². The van der Waals surface area contributed by atoms with E-state index in [-0.39, 0.29) is 17.1 Å². The normalized spacial score (nSPS) is 10.7. The van der Waals surface area contributed by atoms with Gasteiger partial charge in [0.25, 0.3) is 0 Å².